The van der Waals surface area contributed by atoms with Crippen LogP contribution in [-0.2, 0) is 0 Å². The number of phenols is 1. The molecule has 0 saturated carbocycles. The minimum absolute atomic E-state index is 0.111. The molecule has 0 bridgehead atoms. The number of aromatic amines is 1. The molecule has 0 spiro atoms. The molecule has 1 amide bonds. The minimum Gasteiger partial charge on any atom is -0.507 e. The third-order valence-electron chi connectivity index (χ3n) is 4.16. The van der Waals surface area contributed by atoms with Crippen molar-refractivity contribution in [1.82, 2.24) is 15.6 Å². The standard InChI is InChI=1S/C19H21N5O2S/c1-3-24(4-2)14-8-7-13(16(25)10-14)11-20-23-19(26)15-12-21-22-18(15)17-6-5-9-27-17/h5-12,25H,3-4H2,1-2H3,(H,21,22)(H,23,26)/b20-11-. The number of carbonyl (C=O) groups excluding carboxylic acids is 1. The number of hydrogen-bond donors (Lipinski definition) is 3. The Kier molecular flexibility index (Phi) is 5.87. The summed E-state index contributed by atoms with van der Waals surface area (Å²) in [5.74, 6) is -0.261. The van der Waals surface area contributed by atoms with Crippen molar-refractivity contribution in [3.63, 3.8) is 0 Å². The average molecular weight is 383 g/mol. The molecule has 8 heteroatoms. The molecule has 0 fully saturated rings. The highest BCUT2D eigenvalue weighted by Gasteiger charge is 2.15. The third-order valence-corrected chi connectivity index (χ3v) is 5.05. The maximum Gasteiger partial charge on any atom is 0.275 e. The number of nitrogens with zero attached hydrogens (tertiary/aromatic N) is 3. The van der Waals surface area contributed by atoms with Crippen LogP contribution in [0.25, 0.3) is 10.6 Å². The highest BCUT2D eigenvalue weighted by Crippen LogP contribution is 2.26. The fourth-order valence-corrected chi connectivity index (χ4v) is 3.45. The summed E-state index contributed by atoms with van der Waals surface area (Å²) in [5, 5.41) is 22.9. The van der Waals surface area contributed by atoms with Gasteiger partial charge in [-0.3, -0.25) is 9.89 Å². The first-order valence-electron chi connectivity index (χ1n) is 8.62. The zero-order valence-corrected chi connectivity index (χ0v) is 16.0. The Balaban J connectivity index is 1.69. The summed E-state index contributed by atoms with van der Waals surface area (Å²) in [6.45, 7) is 5.84. The molecule has 0 saturated heterocycles. The predicted octanol–water partition coefficient (Wildman–Crippen LogP) is 3.45. The number of carbonyl (C=O) groups is 1. The molecule has 1 aromatic carbocycles. The molecule has 0 aliphatic heterocycles. The van der Waals surface area contributed by atoms with E-state index in [0.29, 0.717) is 16.8 Å². The molecular weight excluding hydrogens is 362 g/mol. The summed E-state index contributed by atoms with van der Waals surface area (Å²) < 4.78 is 0. The van der Waals surface area contributed by atoms with Crippen molar-refractivity contribution in [2.75, 3.05) is 18.0 Å². The van der Waals surface area contributed by atoms with Gasteiger partial charge in [0.25, 0.3) is 5.91 Å². The number of hydrogen-bond acceptors (Lipinski definition) is 6. The van der Waals surface area contributed by atoms with Crippen LogP contribution >= 0.6 is 11.3 Å². The van der Waals surface area contributed by atoms with E-state index in [1.54, 1.807) is 12.1 Å². The Morgan fingerprint density at radius 3 is 2.85 bits per heavy atom. The van der Waals surface area contributed by atoms with Gasteiger partial charge in [0.2, 0.25) is 0 Å². The maximum absolute atomic E-state index is 12.4. The summed E-state index contributed by atoms with van der Waals surface area (Å²) in [6.07, 6.45) is 2.89. The smallest absolute Gasteiger partial charge is 0.275 e. The zero-order chi connectivity index (χ0) is 19.2. The SMILES string of the molecule is CCN(CC)c1ccc(/C=N\NC(=O)c2cn[nH]c2-c2cccs2)c(O)c1. The molecule has 2 aromatic heterocycles. The summed E-state index contributed by atoms with van der Waals surface area (Å²) in [7, 11) is 0. The molecule has 3 aromatic rings. The van der Waals surface area contributed by atoms with Gasteiger partial charge in [0, 0.05) is 30.4 Å². The lowest BCUT2D eigenvalue weighted by Crippen LogP contribution is -2.21. The second-order valence-corrected chi connectivity index (χ2v) is 6.70. The lowest BCUT2D eigenvalue weighted by atomic mass is 10.2. The fourth-order valence-electron chi connectivity index (χ4n) is 2.71. The molecular formula is C19H21N5O2S. The van der Waals surface area contributed by atoms with Crippen LogP contribution in [0.5, 0.6) is 5.75 Å². The summed E-state index contributed by atoms with van der Waals surface area (Å²) in [4.78, 5) is 15.4. The maximum atomic E-state index is 12.4. The largest absolute Gasteiger partial charge is 0.507 e. The van der Waals surface area contributed by atoms with Gasteiger partial charge < -0.3 is 10.0 Å². The van der Waals surface area contributed by atoms with Gasteiger partial charge in [0.15, 0.2) is 0 Å². The summed E-state index contributed by atoms with van der Waals surface area (Å²) in [5.41, 5.74) is 5.01. The minimum atomic E-state index is -0.373. The molecule has 0 atom stereocenters. The molecule has 7 nitrogen and oxygen atoms in total. The van der Waals surface area contributed by atoms with Gasteiger partial charge in [0.1, 0.15) is 5.75 Å². The quantitative estimate of drug-likeness (QED) is 0.430. The number of rotatable bonds is 7. The fraction of sp³-hybridized carbons (Fsp3) is 0.211. The van der Waals surface area contributed by atoms with Crippen molar-refractivity contribution in [2.45, 2.75) is 13.8 Å². The van der Waals surface area contributed by atoms with E-state index in [0.717, 1.165) is 23.7 Å². The van der Waals surface area contributed by atoms with Crippen LogP contribution in [-0.4, -0.2) is 40.5 Å². The van der Waals surface area contributed by atoms with Crippen molar-refractivity contribution in [2.24, 2.45) is 5.10 Å². The van der Waals surface area contributed by atoms with Crippen LogP contribution in [0, 0.1) is 0 Å². The van der Waals surface area contributed by atoms with E-state index in [1.807, 2.05) is 23.6 Å². The average Bonchev–Trinajstić information content (AvgIpc) is 3.35. The van der Waals surface area contributed by atoms with E-state index in [1.165, 1.54) is 23.7 Å². The third kappa shape index (κ3) is 4.17. The first kappa shape index (κ1) is 18.7. The highest BCUT2D eigenvalue weighted by atomic mass is 32.1. The number of benzene rings is 1. The normalized spacial score (nSPS) is 11.0. The van der Waals surface area contributed by atoms with Gasteiger partial charge >= 0.3 is 0 Å². The van der Waals surface area contributed by atoms with E-state index >= 15 is 0 Å². The van der Waals surface area contributed by atoms with Crippen LogP contribution in [0.3, 0.4) is 0 Å². The number of aromatic hydroxyl groups is 1. The Morgan fingerprint density at radius 1 is 1.37 bits per heavy atom. The topological polar surface area (TPSA) is 93.6 Å². The molecule has 0 aliphatic rings. The van der Waals surface area contributed by atoms with Gasteiger partial charge in [-0.25, -0.2) is 5.43 Å². The van der Waals surface area contributed by atoms with Crippen molar-refractivity contribution in [1.29, 1.82) is 0 Å². The number of thiophene rings is 1. The number of H-pyrrole nitrogens is 1. The number of anilines is 1. The van der Waals surface area contributed by atoms with Crippen LogP contribution in [0.4, 0.5) is 5.69 Å². The van der Waals surface area contributed by atoms with Crippen LogP contribution in [0.15, 0.2) is 47.0 Å². The number of hydrazone groups is 1. The number of aromatic nitrogens is 2. The Morgan fingerprint density at radius 2 is 2.19 bits per heavy atom. The highest BCUT2D eigenvalue weighted by molar-refractivity contribution is 7.13. The van der Waals surface area contributed by atoms with Gasteiger partial charge in [-0.15, -0.1) is 11.3 Å². The van der Waals surface area contributed by atoms with Crippen molar-refractivity contribution >= 4 is 29.1 Å². The molecule has 2 heterocycles. The second kappa shape index (κ2) is 8.50. The van der Waals surface area contributed by atoms with Gasteiger partial charge in [0.05, 0.1) is 28.5 Å². The predicted molar refractivity (Wildman–Crippen MR) is 109 cm³/mol. The van der Waals surface area contributed by atoms with E-state index in [4.69, 9.17) is 0 Å². The Bertz CT molecular complexity index is 929. The van der Waals surface area contributed by atoms with Gasteiger partial charge in [-0.05, 0) is 37.4 Å². The monoisotopic (exact) mass is 383 g/mol. The zero-order valence-electron chi connectivity index (χ0n) is 15.1. The molecule has 0 radical (unpaired) electrons. The number of amides is 1. The molecule has 27 heavy (non-hydrogen) atoms. The second-order valence-electron chi connectivity index (χ2n) is 5.75. The Hall–Kier alpha value is -3.13. The lowest BCUT2D eigenvalue weighted by Gasteiger charge is -2.21. The summed E-state index contributed by atoms with van der Waals surface area (Å²) in [6, 6.07) is 9.20. The van der Waals surface area contributed by atoms with Crippen LogP contribution in [0.1, 0.15) is 29.8 Å². The van der Waals surface area contributed by atoms with E-state index < -0.39 is 0 Å². The van der Waals surface area contributed by atoms with Crippen molar-refractivity contribution in [3.8, 4) is 16.3 Å². The Labute approximate surface area is 161 Å². The molecule has 0 unspecified atom stereocenters. The van der Waals surface area contributed by atoms with E-state index in [2.05, 4.69) is 39.5 Å². The van der Waals surface area contributed by atoms with Crippen molar-refractivity contribution < 1.29 is 9.90 Å². The van der Waals surface area contributed by atoms with Gasteiger partial charge in [-0.2, -0.15) is 10.2 Å². The molecule has 0 aliphatic carbocycles. The number of nitrogens with one attached hydrogen (secondary N) is 2. The van der Waals surface area contributed by atoms with E-state index in [9.17, 15) is 9.90 Å². The van der Waals surface area contributed by atoms with Crippen molar-refractivity contribution in [3.05, 3.63) is 53.0 Å². The first-order valence-corrected chi connectivity index (χ1v) is 9.50. The summed E-state index contributed by atoms with van der Waals surface area (Å²) >= 11 is 1.52. The first-order chi connectivity index (χ1) is 13.1. The van der Waals surface area contributed by atoms with E-state index in [-0.39, 0.29) is 11.7 Å². The lowest BCUT2D eigenvalue weighted by molar-refractivity contribution is 0.0956. The molecule has 3 rings (SSSR count). The number of phenolic OH excluding ortho intramolecular Hbond substituents is 1. The van der Waals surface area contributed by atoms with Crippen LogP contribution in [0.2, 0.25) is 0 Å². The van der Waals surface area contributed by atoms with Crippen LogP contribution < -0.4 is 10.3 Å². The van der Waals surface area contributed by atoms with Gasteiger partial charge in [-0.1, -0.05) is 6.07 Å². The molecule has 140 valence electrons. The molecule has 3 N–H and O–H groups in total.